The number of amides is 4. The van der Waals surface area contributed by atoms with Crippen molar-refractivity contribution < 1.29 is 191 Å². The summed E-state index contributed by atoms with van der Waals surface area (Å²) in [4.78, 5) is 215. The first-order valence-corrected chi connectivity index (χ1v) is 48.7. The number of aromatic nitrogens is 12. The molecule has 0 saturated carbocycles. The summed E-state index contributed by atoms with van der Waals surface area (Å²) >= 11 is 0. The van der Waals surface area contributed by atoms with Gasteiger partial charge < -0.3 is 135 Å². The van der Waals surface area contributed by atoms with Gasteiger partial charge in [-0.25, -0.2) is 18.7 Å². The molecule has 0 aliphatic carbocycles. The lowest BCUT2D eigenvalue weighted by Gasteiger charge is -2.45. The van der Waals surface area contributed by atoms with Crippen molar-refractivity contribution in [2.45, 2.75) is 324 Å². The Bertz CT molecular complexity index is 4790. The first-order valence-electron chi connectivity index (χ1n) is 48.7. The Morgan fingerprint density at radius 1 is 0.333 bits per heavy atom. The number of hydrogen-bond acceptors (Lipinski definition) is 49. The fourth-order valence-electron chi connectivity index (χ4n) is 17.0. The van der Waals surface area contributed by atoms with E-state index in [2.05, 4.69) is 62.5 Å². The molecule has 4 aromatic heterocycles. The number of carboxylic acid groups (broad SMARTS) is 1. The topological polar surface area (TPSA) is 691 Å². The van der Waals surface area contributed by atoms with Gasteiger partial charge in [-0.05, 0) is 39.2 Å². The molecule has 836 valence electrons. The molecule has 8 rings (SSSR count). The molecule has 4 fully saturated rings. The zero-order chi connectivity index (χ0) is 110. The Morgan fingerprint density at radius 3 is 0.967 bits per heavy atom. The van der Waals surface area contributed by atoms with Gasteiger partial charge in [-0.3, -0.25) is 86.5 Å². The number of esters is 11. The summed E-state index contributed by atoms with van der Waals surface area (Å²) < 4.78 is 133. The normalized spacial score (nSPS) is 23.7. The van der Waals surface area contributed by atoms with E-state index in [9.17, 15) is 86.6 Å². The van der Waals surface area contributed by atoms with E-state index in [1.165, 1.54) is 57.8 Å². The first kappa shape index (κ1) is 122. The third kappa shape index (κ3) is 42.9. The second kappa shape index (κ2) is 62.8. The van der Waals surface area contributed by atoms with Crippen LogP contribution in [0.15, 0.2) is 24.8 Å². The number of ketones is 1. The molecule has 4 saturated heterocycles. The average Bonchev–Trinajstić information content (AvgIpc) is 1.02. The predicted molar refractivity (Wildman–Crippen MR) is 498 cm³/mol. The van der Waals surface area contributed by atoms with E-state index < -0.39 is 237 Å². The van der Waals surface area contributed by atoms with E-state index >= 15 is 0 Å². The molecule has 0 aromatic carbocycles. The predicted octanol–water partition coefficient (Wildman–Crippen LogP) is -2.39. The summed E-state index contributed by atoms with van der Waals surface area (Å²) in [6, 6.07) is -5.69. The number of carboxylic acids is 1. The van der Waals surface area contributed by atoms with Crippen LogP contribution in [0.3, 0.4) is 0 Å². The Morgan fingerprint density at radius 2 is 0.633 bits per heavy atom. The molecular formula is C92H138N18O40. The largest absolute Gasteiger partial charge is 0.480 e. The average molecular weight is 2140 g/mol. The number of hydrogen-bond donors (Lipinski definition) is 5. The number of unbranched alkanes of at least 4 members (excludes halogenated alkanes) is 1. The van der Waals surface area contributed by atoms with E-state index in [0.29, 0.717) is 48.6 Å². The molecule has 4 aliphatic rings. The maximum absolute atomic E-state index is 13.9. The van der Waals surface area contributed by atoms with Crippen LogP contribution in [0, 0.1) is 5.92 Å². The van der Waals surface area contributed by atoms with Crippen LogP contribution >= 0.6 is 0 Å². The molecule has 4 aliphatic heterocycles. The molecule has 8 heterocycles. The van der Waals surface area contributed by atoms with E-state index in [-0.39, 0.29) is 163 Å². The molecule has 150 heavy (non-hydrogen) atoms. The summed E-state index contributed by atoms with van der Waals surface area (Å²) in [6.07, 6.45) is -10.7. The molecule has 5 N–H and O–H groups in total. The molecule has 21 atom stereocenters. The minimum Gasteiger partial charge on any atom is -0.480 e. The van der Waals surface area contributed by atoms with Gasteiger partial charge in [-0.1, -0.05) is 27.3 Å². The van der Waals surface area contributed by atoms with Gasteiger partial charge in [0.15, 0.2) is 55.5 Å². The second-order valence-electron chi connectivity index (χ2n) is 35.6. The molecule has 4 aromatic rings. The van der Waals surface area contributed by atoms with Crippen molar-refractivity contribution in [3.8, 4) is 0 Å². The number of aliphatic carboxylic acids is 1. The second-order valence-corrected chi connectivity index (χ2v) is 35.6. The van der Waals surface area contributed by atoms with Crippen LogP contribution in [-0.4, -0.2) is 404 Å². The quantitative estimate of drug-likeness (QED) is 0.0175. The highest BCUT2D eigenvalue weighted by molar-refractivity contribution is 5.78. The maximum Gasteiger partial charge on any atom is 0.320 e. The minimum atomic E-state index is -1.37. The van der Waals surface area contributed by atoms with Gasteiger partial charge in [0, 0.05) is 174 Å². The molecular weight excluding hydrogens is 2000 g/mol. The third-order valence-electron chi connectivity index (χ3n) is 22.8. The summed E-state index contributed by atoms with van der Waals surface area (Å²) in [5, 5.41) is 57.3. The van der Waals surface area contributed by atoms with Crippen molar-refractivity contribution >= 4 is 101 Å². The van der Waals surface area contributed by atoms with Crippen LogP contribution in [-0.2, 0) is 238 Å². The number of carbonyl (C=O) groups excluding carboxylic acids is 16. The first-order chi connectivity index (χ1) is 71.3. The van der Waals surface area contributed by atoms with Crippen LogP contribution in [0.1, 0.15) is 172 Å². The molecule has 4 amide bonds. The van der Waals surface area contributed by atoms with E-state index in [1.807, 2.05) is 4.90 Å². The molecule has 1 unspecified atom stereocenters. The van der Waals surface area contributed by atoms with Gasteiger partial charge in [-0.15, -0.1) is 20.4 Å². The van der Waals surface area contributed by atoms with Gasteiger partial charge in [0.05, 0.1) is 133 Å². The maximum atomic E-state index is 13.9. The third-order valence-corrected chi connectivity index (χ3v) is 22.8. The number of nitrogens with one attached hydrogen (secondary N) is 4. The number of nitrogens with zero attached hydrogens (tertiary/aromatic N) is 14. The van der Waals surface area contributed by atoms with Crippen LogP contribution < -0.4 is 21.3 Å². The summed E-state index contributed by atoms with van der Waals surface area (Å²) in [5.41, 5.74) is 1.69. The molecule has 0 spiro atoms. The number of ether oxygens (including phenoxy) is 22. The zero-order valence-corrected chi connectivity index (χ0v) is 86.8. The summed E-state index contributed by atoms with van der Waals surface area (Å²) in [5.74, 6) is -12.6. The Balaban J connectivity index is 0.979. The Kier molecular flexibility index (Phi) is 51.2. The molecule has 58 nitrogen and oxygen atoms in total. The van der Waals surface area contributed by atoms with E-state index in [0.717, 1.165) is 62.3 Å². The highest BCUT2D eigenvalue weighted by Gasteiger charge is 2.56. The summed E-state index contributed by atoms with van der Waals surface area (Å²) in [6.45, 7) is 18.0. The summed E-state index contributed by atoms with van der Waals surface area (Å²) in [7, 11) is 0. The number of rotatable bonds is 64. The molecule has 0 radical (unpaired) electrons. The number of carbonyl (C=O) groups is 17. The van der Waals surface area contributed by atoms with Crippen LogP contribution in [0.5, 0.6) is 0 Å². The van der Waals surface area contributed by atoms with Crippen molar-refractivity contribution in [3.05, 3.63) is 47.6 Å². The molecule has 58 heteroatoms. The standard InChI is InChI=1S/C92H138N18O40/c1-51(111)38-71-78(93-52(2)112)90(148-74(47-136-56(6)116)82(71)140-60(10)120)133-35-32-130-30-25-109-45-69(99-103-109)41-106(42-70-46-110(104-100-70)26-31-132-34-37-135-92-81(96-55(5)115)88(146-66(16)126)85(143-63(13)123)77(150-92)50-139-59(9)119)72(89(127)128)20-17-18-22-105(39-67-43-107(101-97-67)23-28-129-27-19-21-73-79(94-53(3)113)86(144-64(14)124)83(141-61(11)121)75(147-73)48-137-57(7)117)40-68-44-108(102-98-68)24-29-131-33-36-134-91-80(95-54(4)114)87(145-65(15)125)84(142-62(12)122)76(149-91)49-138-58(8)118/h43-46,71-88,90-92H,17-42,47-50H2,1-16H3,(H,93,112)(H,94,113)(H,95,114)(H,96,115)(H,127,128)/t71?,72-,73-,74+,75+,76+,77+,78+,79-,80+,81+,82+,83-,84-,85-,86+,87+,88+,90+,91+,92+/m0/s1. The smallest absolute Gasteiger partial charge is 0.320 e. The molecule has 0 bridgehead atoms. The Labute approximate surface area is 862 Å². The van der Waals surface area contributed by atoms with E-state index in [1.54, 1.807) is 39.1 Å². The van der Waals surface area contributed by atoms with Gasteiger partial charge in [0.25, 0.3) is 0 Å². The van der Waals surface area contributed by atoms with Crippen LogP contribution in [0.4, 0.5) is 0 Å². The fraction of sp³-hybridized carbons (Fsp3) is 0.728. The van der Waals surface area contributed by atoms with Crippen molar-refractivity contribution in [2.75, 3.05) is 106 Å². The van der Waals surface area contributed by atoms with Crippen molar-refractivity contribution in [3.63, 3.8) is 0 Å². The van der Waals surface area contributed by atoms with E-state index in [4.69, 9.17) is 104 Å². The lowest BCUT2D eigenvalue weighted by molar-refractivity contribution is -0.279. The fourth-order valence-corrected chi connectivity index (χ4v) is 17.0. The minimum absolute atomic E-state index is 0.0140. The van der Waals surface area contributed by atoms with Gasteiger partial charge in [0.1, 0.15) is 80.9 Å². The number of Topliss-reactive ketones (excluding diaryl/α,β-unsaturated/α-hetero) is 1. The SMILES string of the molecule is CC(=O)CC1[C@@H](NC(C)=O)[C@H](OCCOCCn2cc(CN(Cc3cn(CCOCCO[C@@H]4O[C@H](COC(C)=O)[C@H](OC(C)=O)[C@H](OC(C)=O)[C@H]4NC(C)=O)nn3)[C@@H](CCCCN(Cc3cn(CCOCCC[C@@H]4O[C@H](COC(C)=O)[C@H](OC(C)=O)[C@H](OC(C)=O)[C@H]4NC(C)=O)nn3)Cc3cn(CCOCCO[C@@H]4O[C@H](COC(C)=O)[C@H](OC(C)=O)[C@H](OC(C)=O)[C@H]4NC(C)=O)nn3)C(=O)O)nn2)O[C@H](COC(C)=O)[C@@H]1OC(C)=O. The lowest BCUT2D eigenvalue weighted by Crippen LogP contribution is -2.66. The Hall–Kier alpha value is -12.8. The van der Waals surface area contributed by atoms with Crippen LogP contribution in [0.25, 0.3) is 0 Å². The van der Waals surface area contributed by atoms with Crippen LogP contribution in [0.2, 0.25) is 0 Å². The lowest BCUT2D eigenvalue weighted by atomic mass is 9.83. The van der Waals surface area contributed by atoms with Gasteiger partial charge in [-0.2, -0.15) is 0 Å². The van der Waals surface area contributed by atoms with Crippen molar-refractivity contribution in [1.29, 1.82) is 0 Å². The highest BCUT2D eigenvalue weighted by atomic mass is 16.7. The van der Waals surface area contributed by atoms with Gasteiger partial charge in [0.2, 0.25) is 23.6 Å². The monoisotopic (exact) mass is 2130 g/mol. The van der Waals surface area contributed by atoms with Crippen molar-refractivity contribution in [2.24, 2.45) is 5.92 Å². The zero-order valence-electron chi connectivity index (χ0n) is 86.8. The highest BCUT2D eigenvalue weighted by Crippen LogP contribution is 2.36. The van der Waals surface area contributed by atoms with Crippen molar-refractivity contribution in [1.82, 2.24) is 91.0 Å². The van der Waals surface area contributed by atoms with Gasteiger partial charge >= 0.3 is 71.6 Å².